The summed E-state index contributed by atoms with van der Waals surface area (Å²) in [5.41, 5.74) is -12.5. The van der Waals surface area contributed by atoms with Crippen molar-refractivity contribution in [3.05, 3.63) is 130 Å². The van der Waals surface area contributed by atoms with Gasteiger partial charge in [0.25, 0.3) is 22.2 Å². The lowest BCUT2D eigenvalue weighted by Gasteiger charge is -2.27. The Kier molecular flexibility index (Phi) is 31.9. The third-order valence-corrected chi connectivity index (χ3v) is 24.8. The Balaban J connectivity index is 0.000000242. The minimum absolute atomic E-state index is 0.0403. The minimum atomic E-state index is -5.84. The van der Waals surface area contributed by atoms with E-state index >= 15 is 0 Å². The largest absolute Gasteiger partial charge is 0.492 e. The fourth-order valence-electron chi connectivity index (χ4n) is 10.0. The van der Waals surface area contributed by atoms with Gasteiger partial charge in [0.1, 0.15) is 124 Å². The maximum Gasteiger partial charge on any atom is 0.492 e. The van der Waals surface area contributed by atoms with E-state index in [1.54, 1.807) is 19.9 Å². The van der Waals surface area contributed by atoms with Crippen LogP contribution in [-0.4, -0.2) is 238 Å². The number of hydrogen-bond acceptors (Lipinski definition) is 36. The molecule has 19 N–H and O–H groups in total. The van der Waals surface area contributed by atoms with Crippen molar-refractivity contribution in [1.82, 2.24) is 38.2 Å². The van der Waals surface area contributed by atoms with Crippen LogP contribution in [0.1, 0.15) is 46.7 Å². The number of phosphoric ester groups is 1. The van der Waals surface area contributed by atoms with Crippen LogP contribution in [0, 0.1) is 0 Å². The van der Waals surface area contributed by atoms with Crippen molar-refractivity contribution in [1.29, 1.82) is 0 Å². The molecular weight excluding hydrogens is 1830 g/mol. The molecule has 50 nitrogen and oxygen atoms in total. The lowest BCUT2D eigenvalue weighted by atomic mass is 10.0. The quantitative estimate of drug-likeness (QED) is 0.0283. The van der Waals surface area contributed by atoms with Crippen LogP contribution < -0.4 is 45.0 Å². The van der Waals surface area contributed by atoms with Gasteiger partial charge < -0.3 is 98.8 Å². The van der Waals surface area contributed by atoms with Gasteiger partial charge in [-0.2, -0.15) is 74.2 Å². The molecule has 4 aromatic heterocycles. The molecule has 0 aliphatic carbocycles. The highest BCUT2D eigenvalue weighted by molar-refractivity contribution is 8.05. The van der Waals surface area contributed by atoms with Crippen molar-refractivity contribution in [2.24, 2.45) is 0 Å². The van der Waals surface area contributed by atoms with Crippen molar-refractivity contribution < 1.29 is 214 Å². The molecule has 0 bridgehead atoms. The van der Waals surface area contributed by atoms with Crippen molar-refractivity contribution in [3.8, 4) is 0 Å². The van der Waals surface area contributed by atoms with Crippen LogP contribution in [0.5, 0.6) is 0 Å². The molecular formula is C44H55Cl2F12N8O42P7. The average molecular weight is 1880 g/mol. The fraction of sp³-hybridized carbons (Fsp3) is 0.636. The highest BCUT2D eigenvalue weighted by Crippen LogP contribution is 2.80. The average Bonchev–Trinajstić information content (AvgIpc) is 1.41. The molecule has 71 heteroatoms. The second-order valence-electron chi connectivity index (χ2n) is 23.4. The van der Waals surface area contributed by atoms with E-state index in [0.29, 0.717) is 24.8 Å². The number of nitrogens with zero attached hydrogens (tertiary/aromatic N) is 4. The lowest BCUT2D eigenvalue weighted by Crippen LogP contribution is -2.38. The Morgan fingerprint density at radius 3 is 0.922 bits per heavy atom. The molecule has 4 aromatic rings. The Morgan fingerprint density at radius 2 is 0.670 bits per heavy atom. The summed E-state index contributed by atoms with van der Waals surface area (Å²) in [6.45, 7) is -10.6. The van der Waals surface area contributed by atoms with Crippen molar-refractivity contribution >= 4 is 75.5 Å². The highest BCUT2D eigenvalue weighted by atomic mass is 35.9. The zero-order valence-electron chi connectivity index (χ0n) is 55.1. The SMILES string of the molecule is O=c1[nH]c(=O)n(CC(F)(F)F)cc1[C@@H]1O[C@H](CO)[C@H](O)C1O.O=c1[nH]c(=O)n(CC(F)(F)F)cc1[C@@H]1O[C@H](COP(=O)(Cl)Cl)[C@H](O)C1O.O=c1[nH]c(=O)n(CC(F)(F)F)cc1[C@@H]1O[C@H](COP(=O)(O)OP(=O)(O)OP(=O)(O)O)[C@H](O)C1O.O=c1[nH]c(=O)n(CC(F)(F)F)cc1[C@@H]1O[C@H](COP2(=O)OP(=O)(O)OP(=O)(O)O2)[C@H](O)C1O. The molecule has 5 aliphatic heterocycles. The first-order valence-electron chi connectivity index (χ1n) is 29.8. The van der Waals surface area contributed by atoms with Gasteiger partial charge in [-0.1, -0.05) is 0 Å². The Bertz CT molecular complexity index is 5010. The van der Waals surface area contributed by atoms with Gasteiger partial charge in [0.15, 0.2) is 0 Å². The maximum absolute atomic E-state index is 12.6. The zero-order chi connectivity index (χ0) is 87.8. The summed E-state index contributed by atoms with van der Waals surface area (Å²) in [5, 5.41) is 88.6. The molecule has 656 valence electrons. The van der Waals surface area contributed by atoms with E-state index in [1.807, 2.05) is 0 Å². The van der Waals surface area contributed by atoms with E-state index in [2.05, 4.69) is 35.1 Å². The number of hydrogen-bond donors (Lipinski definition) is 19. The molecule has 20 atom stereocenters. The van der Waals surface area contributed by atoms with Crippen LogP contribution in [0.2, 0.25) is 0 Å². The van der Waals surface area contributed by atoms with Gasteiger partial charge in [0.2, 0.25) is 0 Å². The van der Waals surface area contributed by atoms with E-state index in [-0.39, 0.29) is 18.3 Å². The molecule has 0 spiro atoms. The van der Waals surface area contributed by atoms with Crippen LogP contribution in [0.4, 0.5) is 52.7 Å². The highest BCUT2D eigenvalue weighted by Gasteiger charge is 2.56. The van der Waals surface area contributed by atoms with Crippen molar-refractivity contribution in [2.75, 3.05) is 26.4 Å². The predicted octanol–water partition coefficient (Wildman–Crippen LogP) is -2.63. The van der Waals surface area contributed by atoms with Crippen LogP contribution in [0.3, 0.4) is 0 Å². The summed E-state index contributed by atoms with van der Waals surface area (Å²) >= 11 is 10.3. The molecule has 9 heterocycles. The van der Waals surface area contributed by atoms with Gasteiger partial charge in [-0.3, -0.25) is 71.0 Å². The normalized spacial score (nSPS) is 31.1. The second-order valence-corrected chi connectivity index (χ2v) is 37.0. The van der Waals surface area contributed by atoms with E-state index < -0.39 is 295 Å². The molecule has 5 fully saturated rings. The van der Waals surface area contributed by atoms with Gasteiger partial charge in [-0.25, -0.2) is 46.6 Å². The van der Waals surface area contributed by atoms with E-state index in [4.69, 9.17) is 71.0 Å². The molecule has 0 amide bonds. The molecule has 8 unspecified atom stereocenters. The molecule has 9 rings (SSSR count). The Hall–Kier alpha value is -5.01. The summed E-state index contributed by atoms with van der Waals surface area (Å²) in [6, 6.07) is 0. The zero-order valence-corrected chi connectivity index (χ0v) is 62.9. The summed E-state index contributed by atoms with van der Waals surface area (Å²) in [5.74, 6) is 0. The standard InChI is InChI=1S/C11H12Cl2F3N2O7P.C11H16F3N2O15P3.C11H14F3N2O14P3.C11H13F3N2O6/c12-26(13,23)24-2-5-6(19)7(20)8(25-5)4-1-18(3-11(14,15)16)10(22)17-9(4)21;12-11(13,14)3-16-1-4(9(19)15-10(16)20)8-7(18)6(17)5(29-8)2-28-33(24,25)31-34(26,27)30-32(21,22)23;12-11(13,14)3-16-1-4(9(19)15-10(16)20)8-7(18)6(17)5(27-8)2-26-33(25)29-31(21,22)28-32(23,24)30-33;12-11(13,14)3-16-1-4(9(20)15-10(16)21)8-7(19)6(18)5(2-17)22-8/h1,5-8,19-20H,2-3H2,(H,17,21,22);1,5-8,17-18H,2-3H2,(H,24,25)(H,26,27)(H,15,19,20)(H2,21,22,23);1,5-8,17-18H,2-3H2,(H,21,22)(H,23,24)(H,15,19,20);1,5-8,17-19H,2-3H2,(H,15,20,21)/t4*5-,6+,7?,8+/m1111/s1. The first kappa shape index (κ1) is 98.8. The summed E-state index contributed by atoms with van der Waals surface area (Å²) in [7, 11) is -33.1. The van der Waals surface area contributed by atoms with Crippen LogP contribution in [0.25, 0.3) is 0 Å². The van der Waals surface area contributed by atoms with E-state index in [9.17, 15) is 169 Å². The number of aliphatic hydroxyl groups excluding tert-OH is 9. The number of aliphatic hydroxyl groups is 9. The fourth-order valence-corrected chi connectivity index (χ4v) is 18.6. The van der Waals surface area contributed by atoms with Crippen molar-refractivity contribution in [3.63, 3.8) is 0 Å². The number of rotatable bonds is 22. The second kappa shape index (κ2) is 37.1. The molecule has 0 aromatic carbocycles. The molecule has 5 saturated heterocycles. The number of ether oxygens (including phenoxy) is 4. The first-order chi connectivity index (χ1) is 52.0. The van der Waals surface area contributed by atoms with E-state index in [0.717, 1.165) is 0 Å². The van der Waals surface area contributed by atoms with Gasteiger partial charge >= 0.3 is 100 Å². The minimum Gasteiger partial charge on any atom is -0.394 e. The summed E-state index contributed by atoms with van der Waals surface area (Å²) in [4.78, 5) is 154. The number of nitrogens with one attached hydrogen (secondary N) is 4. The molecule has 0 saturated carbocycles. The van der Waals surface area contributed by atoms with E-state index in [1.165, 1.54) is 0 Å². The maximum atomic E-state index is 12.6. The third-order valence-electron chi connectivity index (χ3n) is 14.6. The van der Waals surface area contributed by atoms with Gasteiger partial charge in [-0.15, -0.1) is 0 Å². The number of aromatic nitrogens is 8. The van der Waals surface area contributed by atoms with Crippen LogP contribution in [-0.2, 0) is 112 Å². The van der Waals surface area contributed by atoms with Crippen molar-refractivity contribution in [2.45, 2.75) is 149 Å². The third kappa shape index (κ3) is 28.6. The topological polar surface area (TPSA) is 753 Å². The number of phosphoric acid groups is 6. The first-order valence-corrected chi connectivity index (χ1v) is 42.2. The van der Waals surface area contributed by atoms with Gasteiger partial charge in [-0.05, 0) is 22.5 Å². The number of halogens is 14. The summed E-state index contributed by atoms with van der Waals surface area (Å²) < 4.78 is 283. The Morgan fingerprint density at radius 1 is 0.409 bits per heavy atom. The number of alkyl halides is 12. The summed E-state index contributed by atoms with van der Waals surface area (Å²) in [6.07, 6.45) is -48.3. The molecule has 5 aliphatic rings. The molecule has 0 radical (unpaired) electrons. The number of aromatic amines is 4. The molecule has 115 heavy (non-hydrogen) atoms. The predicted molar refractivity (Wildman–Crippen MR) is 337 cm³/mol. The smallest absolute Gasteiger partial charge is 0.394 e. The van der Waals surface area contributed by atoms with Gasteiger partial charge in [0, 0.05) is 24.8 Å². The Labute approximate surface area is 631 Å². The van der Waals surface area contributed by atoms with Gasteiger partial charge in [0.05, 0.1) is 48.7 Å². The lowest BCUT2D eigenvalue weighted by molar-refractivity contribution is -0.142. The number of H-pyrrole nitrogens is 4. The monoisotopic (exact) mass is 1880 g/mol. The van der Waals surface area contributed by atoms with Crippen LogP contribution in [0.15, 0.2) is 63.1 Å². The van der Waals surface area contributed by atoms with Crippen LogP contribution >= 0.6 is 75.5 Å².